The van der Waals surface area contributed by atoms with Crippen LogP contribution in [-0.4, -0.2) is 4.98 Å². The molecule has 1 heterocycles. The number of hydrogen-bond acceptors (Lipinski definition) is 2. The lowest BCUT2D eigenvalue weighted by atomic mass is 9.93. The van der Waals surface area contributed by atoms with Crippen LogP contribution in [0, 0.1) is 0 Å². The smallest absolute Gasteiger partial charge is 0.171 e. The first-order valence-electron chi connectivity index (χ1n) is 14.2. The van der Waals surface area contributed by atoms with Gasteiger partial charge in [0.2, 0.25) is 0 Å². The lowest BCUT2D eigenvalue weighted by Gasteiger charge is -2.20. The quantitative estimate of drug-likeness (QED) is 0.123. The Kier molecular flexibility index (Phi) is 5.77. The van der Waals surface area contributed by atoms with Gasteiger partial charge in [0.15, 0.2) is 7.14 Å². The van der Waals surface area contributed by atoms with Crippen molar-refractivity contribution in [3.8, 4) is 11.1 Å². The van der Waals surface area contributed by atoms with Gasteiger partial charge in [-0.3, -0.25) is 0 Å². The molecular weight excluding hydrogens is 529 g/mol. The zero-order chi connectivity index (χ0) is 28.1. The minimum Gasteiger partial charge on any atom is -0.309 e. The van der Waals surface area contributed by atoms with Gasteiger partial charge >= 0.3 is 0 Å². The minimum atomic E-state index is -3.07. The van der Waals surface area contributed by atoms with E-state index in [2.05, 4.69) is 84.9 Å². The predicted molar refractivity (Wildman–Crippen MR) is 179 cm³/mol. The molecule has 0 saturated carbocycles. The maximum atomic E-state index is 15.0. The molecular formula is C39H26NOP. The Morgan fingerprint density at radius 1 is 0.429 bits per heavy atom. The van der Waals surface area contributed by atoms with Gasteiger partial charge in [0.1, 0.15) is 0 Å². The third-order valence-electron chi connectivity index (χ3n) is 8.26. The topological polar surface area (TPSA) is 30.0 Å². The van der Waals surface area contributed by atoms with Crippen LogP contribution in [0.5, 0.6) is 0 Å². The molecule has 0 unspecified atom stereocenters. The van der Waals surface area contributed by atoms with Crippen LogP contribution in [0.2, 0.25) is 0 Å². The number of nitrogens with zero attached hydrogens (tertiary/aromatic N) is 1. The first kappa shape index (κ1) is 24.7. The maximum absolute atomic E-state index is 15.0. The molecule has 0 aliphatic carbocycles. The highest BCUT2D eigenvalue weighted by molar-refractivity contribution is 7.85. The predicted octanol–water partition coefficient (Wildman–Crippen LogP) is 9.00. The fourth-order valence-electron chi connectivity index (χ4n) is 6.18. The Hall–Kier alpha value is -5.04. The molecule has 0 radical (unpaired) electrons. The Morgan fingerprint density at radius 2 is 1.07 bits per heavy atom. The number of pyridine rings is 1. The number of benzene rings is 7. The number of fused-ring (bicyclic) bond motifs is 5. The molecule has 0 aliphatic heterocycles. The number of aromatic nitrogens is 1. The average Bonchev–Trinajstić information content (AvgIpc) is 3.07. The Morgan fingerprint density at radius 3 is 1.83 bits per heavy atom. The van der Waals surface area contributed by atoms with Crippen molar-refractivity contribution in [2.24, 2.45) is 0 Å². The van der Waals surface area contributed by atoms with Gasteiger partial charge in [-0.05, 0) is 57.6 Å². The summed E-state index contributed by atoms with van der Waals surface area (Å²) in [6.45, 7) is 0. The zero-order valence-corrected chi connectivity index (χ0v) is 23.7. The first-order valence-corrected chi connectivity index (χ1v) is 15.9. The van der Waals surface area contributed by atoms with Gasteiger partial charge < -0.3 is 4.57 Å². The van der Waals surface area contributed by atoms with Gasteiger partial charge in [0, 0.05) is 32.1 Å². The molecule has 198 valence electrons. The van der Waals surface area contributed by atoms with E-state index in [4.69, 9.17) is 4.98 Å². The third-order valence-corrected chi connectivity index (χ3v) is 11.3. The van der Waals surface area contributed by atoms with E-state index in [9.17, 15) is 0 Å². The molecule has 42 heavy (non-hydrogen) atoms. The van der Waals surface area contributed by atoms with Crippen LogP contribution in [0.1, 0.15) is 0 Å². The van der Waals surface area contributed by atoms with Crippen LogP contribution in [0.3, 0.4) is 0 Å². The standard InChI is InChI=1S/C39H26NOP/c41-42(32-12-3-1-4-13-32,33-14-5-2-6-15-33)34-22-21-27-19-20-28(23-30(27)25-34)37-26-31-24-29-11-7-10-18-38(29)40-39(31)36-17-9-8-16-35(36)37/h1-26H. The maximum Gasteiger partial charge on any atom is 0.171 e. The molecule has 3 heteroatoms. The summed E-state index contributed by atoms with van der Waals surface area (Å²) in [7, 11) is -3.07. The van der Waals surface area contributed by atoms with Crippen molar-refractivity contribution >= 4 is 66.4 Å². The van der Waals surface area contributed by atoms with E-state index in [1.165, 1.54) is 5.39 Å². The zero-order valence-electron chi connectivity index (χ0n) is 22.8. The summed E-state index contributed by atoms with van der Waals surface area (Å²) in [5.74, 6) is 0. The summed E-state index contributed by atoms with van der Waals surface area (Å²) in [5.41, 5.74) is 4.31. The largest absolute Gasteiger partial charge is 0.309 e. The SMILES string of the molecule is O=P(c1ccccc1)(c1ccccc1)c1ccc2ccc(-c3cc4cc5ccccc5nc4c4ccccc34)cc2c1. The molecule has 1 aromatic heterocycles. The summed E-state index contributed by atoms with van der Waals surface area (Å²) in [6.07, 6.45) is 0. The van der Waals surface area contributed by atoms with Crippen LogP contribution in [0.25, 0.3) is 54.5 Å². The van der Waals surface area contributed by atoms with Crippen LogP contribution in [0.15, 0.2) is 158 Å². The summed E-state index contributed by atoms with van der Waals surface area (Å²) in [6, 6.07) is 53.9. The Balaban J connectivity index is 1.35. The fourth-order valence-corrected chi connectivity index (χ4v) is 8.86. The second-order valence-electron chi connectivity index (χ2n) is 10.7. The van der Waals surface area contributed by atoms with Crippen molar-refractivity contribution in [3.05, 3.63) is 158 Å². The fraction of sp³-hybridized carbons (Fsp3) is 0. The molecule has 0 saturated heterocycles. The third kappa shape index (κ3) is 3.96. The van der Waals surface area contributed by atoms with Gasteiger partial charge in [-0.15, -0.1) is 0 Å². The van der Waals surface area contributed by atoms with Gasteiger partial charge in [-0.1, -0.05) is 127 Å². The molecule has 7 aromatic carbocycles. The monoisotopic (exact) mass is 555 g/mol. The molecule has 8 aromatic rings. The second-order valence-corrected chi connectivity index (χ2v) is 13.5. The second kappa shape index (κ2) is 9.80. The van der Waals surface area contributed by atoms with Gasteiger partial charge in [-0.25, -0.2) is 4.98 Å². The van der Waals surface area contributed by atoms with Gasteiger partial charge in [0.25, 0.3) is 0 Å². The van der Waals surface area contributed by atoms with Crippen LogP contribution in [-0.2, 0) is 4.57 Å². The number of para-hydroxylation sites is 1. The van der Waals surface area contributed by atoms with Crippen molar-refractivity contribution in [2.75, 3.05) is 0 Å². The summed E-state index contributed by atoms with van der Waals surface area (Å²) in [4.78, 5) is 5.06. The Labute approximate surface area is 244 Å². The van der Waals surface area contributed by atoms with E-state index in [1.807, 2.05) is 72.8 Å². The van der Waals surface area contributed by atoms with E-state index in [0.29, 0.717) is 0 Å². The van der Waals surface area contributed by atoms with E-state index in [1.54, 1.807) is 0 Å². The van der Waals surface area contributed by atoms with Crippen LogP contribution < -0.4 is 15.9 Å². The van der Waals surface area contributed by atoms with Crippen LogP contribution >= 0.6 is 7.14 Å². The molecule has 0 atom stereocenters. The number of rotatable bonds is 4. The molecule has 0 aliphatic rings. The van der Waals surface area contributed by atoms with Crippen LogP contribution in [0.4, 0.5) is 0 Å². The van der Waals surface area contributed by atoms with Crippen molar-refractivity contribution < 1.29 is 4.57 Å². The molecule has 0 fully saturated rings. The van der Waals surface area contributed by atoms with E-state index >= 15 is 4.57 Å². The number of hydrogen-bond donors (Lipinski definition) is 0. The molecule has 0 bridgehead atoms. The summed E-state index contributed by atoms with van der Waals surface area (Å²) >= 11 is 0. The minimum absolute atomic E-state index is 0.837. The highest BCUT2D eigenvalue weighted by Crippen LogP contribution is 2.43. The first-order chi connectivity index (χ1) is 20.7. The molecule has 0 N–H and O–H groups in total. The lowest BCUT2D eigenvalue weighted by Crippen LogP contribution is -2.24. The van der Waals surface area contributed by atoms with Crippen molar-refractivity contribution in [3.63, 3.8) is 0 Å². The van der Waals surface area contributed by atoms with Crippen molar-refractivity contribution in [2.45, 2.75) is 0 Å². The average molecular weight is 556 g/mol. The molecule has 2 nitrogen and oxygen atoms in total. The summed E-state index contributed by atoms with van der Waals surface area (Å²) in [5, 5.41) is 9.26. The van der Waals surface area contributed by atoms with E-state index in [0.717, 1.165) is 65.0 Å². The Bertz CT molecular complexity index is 2280. The van der Waals surface area contributed by atoms with E-state index < -0.39 is 7.14 Å². The van der Waals surface area contributed by atoms with E-state index in [-0.39, 0.29) is 0 Å². The van der Waals surface area contributed by atoms with Gasteiger partial charge in [0.05, 0.1) is 11.0 Å². The molecule has 0 spiro atoms. The van der Waals surface area contributed by atoms with Gasteiger partial charge in [-0.2, -0.15) is 0 Å². The highest BCUT2D eigenvalue weighted by Gasteiger charge is 2.29. The van der Waals surface area contributed by atoms with Crippen molar-refractivity contribution in [1.29, 1.82) is 0 Å². The van der Waals surface area contributed by atoms with Crippen molar-refractivity contribution in [1.82, 2.24) is 4.98 Å². The summed E-state index contributed by atoms with van der Waals surface area (Å²) < 4.78 is 15.0. The molecule has 0 amide bonds. The molecule has 8 rings (SSSR count). The lowest BCUT2D eigenvalue weighted by molar-refractivity contribution is 0.592. The normalized spacial score (nSPS) is 11.9. The highest BCUT2D eigenvalue weighted by atomic mass is 31.2.